The normalized spacial score (nSPS) is 10.4. The monoisotopic (exact) mass is 290 g/mol. The van der Waals surface area contributed by atoms with Crippen LogP contribution in [0.4, 0.5) is 0 Å². The molecule has 0 radical (unpaired) electrons. The molecule has 2 aromatic heterocycles. The van der Waals surface area contributed by atoms with Gasteiger partial charge in [-0.25, -0.2) is 9.67 Å². The van der Waals surface area contributed by atoms with Crippen molar-refractivity contribution in [3.8, 4) is 11.6 Å². The molecule has 7 heteroatoms. The topological polar surface area (TPSA) is 92.3 Å². The number of ether oxygens (including phenoxy) is 2. The fourth-order valence-corrected chi connectivity index (χ4v) is 1.78. The molecular formula is C14H18N4O3. The van der Waals surface area contributed by atoms with Crippen LogP contribution in [0.25, 0.3) is 0 Å². The van der Waals surface area contributed by atoms with Gasteiger partial charge in [-0.1, -0.05) is 6.07 Å². The molecule has 21 heavy (non-hydrogen) atoms. The zero-order valence-corrected chi connectivity index (χ0v) is 11.9. The molecule has 0 unspecified atom stereocenters. The van der Waals surface area contributed by atoms with E-state index in [1.807, 2.05) is 6.07 Å². The van der Waals surface area contributed by atoms with Gasteiger partial charge in [-0.3, -0.25) is 4.79 Å². The number of hydrogen-bond donors (Lipinski definition) is 1. The van der Waals surface area contributed by atoms with Gasteiger partial charge in [0, 0.05) is 17.8 Å². The smallest absolute Gasteiger partial charge is 0.270 e. The molecule has 0 aliphatic carbocycles. The van der Waals surface area contributed by atoms with Crippen LogP contribution in [-0.2, 0) is 6.54 Å². The average Bonchev–Trinajstić information content (AvgIpc) is 2.50. The highest BCUT2D eigenvalue weighted by Crippen LogP contribution is 2.14. The summed E-state index contributed by atoms with van der Waals surface area (Å²) in [5.41, 5.74) is 5.92. The Labute approximate surface area is 122 Å². The maximum Gasteiger partial charge on any atom is 0.270 e. The third-order valence-corrected chi connectivity index (χ3v) is 2.83. The summed E-state index contributed by atoms with van der Waals surface area (Å²) in [6.45, 7) is 1.31. The summed E-state index contributed by atoms with van der Waals surface area (Å²) in [6.07, 6.45) is 3.88. The van der Waals surface area contributed by atoms with E-state index in [4.69, 9.17) is 15.2 Å². The van der Waals surface area contributed by atoms with Crippen molar-refractivity contribution in [3.63, 3.8) is 0 Å². The second-order valence-corrected chi connectivity index (χ2v) is 4.35. The molecule has 0 amide bonds. The Kier molecular flexibility index (Phi) is 5.28. The molecule has 2 rings (SSSR count). The van der Waals surface area contributed by atoms with Crippen molar-refractivity contribution in [3.05, 3.63) is 46.5 Å². The van der Waals surface area contributed by atoms with E-state index in [0.717, 1.165) is 12.0 Å². The number of nitrogens with zero attached hydrogens (tertiary/aromatic N) is 3. The minimum Gasteiger partial charge on any atom is -0.492 e. The summed E-state index contributed by atoms with van der Waals surface area (Å²) in [5, 5.41) is 4.09. The van der Waals surface area contributed by atoms with Crippen molar-refractivity contribution in [1.82, 2.24) is 14.8 Å². The van der Waals surface area contributed by atoms with Gasteiger partial charge in [0.1, 0.15) is 5.75 Å². The first-order valence-corrected chi connectivity index (χ1v) is 6.62. The molecule has 0 atom stereocenters. The second kappa shape index (κ2) is 7.39. The first kappa shape index (κ1) is 15.0. The van der Waals surface area contributed by atoms with Crippen molar-refractivity contribution in [1.29, 1.82) is 0 Å². The van der Waals surface area contributed by atoms with Crippen LogP contribution in [-0.4, -0.2) is 35.0 Å². The minimum absolute atomic E-state index is 0.244. The van der Waals surface area contributed by atoms with Crippen LogP contribution in [0.5, 0.6) is 11.6 Å². The third kappa shape index (κ3) is 4.03. The molecule has 2 heterocycles. The van der Waals surface area contributed by atoms with Gasteiger partial charge >= 0.3 is 0 Å². The predicted octanol–water partition coefficient (Wildman–Crippen LogP) is 0.423. The van der Waals surface area contributed by atoms with Crippen LogP contribution in [0.3, 0.4) is 0 Å². The first-order valence-electron chi connectivity index (χ1n) is 6.62. The molecular weight excluding hydrogens is 272 g/mol. The lowest BCUT2D eigenvalue weighted by Crippen LogP contribution is -2.23. The largest absolute Gasteiger partial charge is 0.492 e. The predicted molar refractivity (Wildman–Crippen MR) is 77.6 cm³/mol. The van der Waals surface area contributed by atoms with Gasteiger partial charge in [0.2, 0.25) is 5.88 Å². The lowest BCUT2D eigenvalue weighted by atomic mass is 10.2. The molecule has 0 bridgehead atoms. The highest BCUT2D eigenvalue weighted by molar-refractivity contribution is 5.25. The van der Waals surface area contributed by atoms with Gasteiger partial charge in [-0.15, -0.1) is 0 Å². The van der Waals surface area contributed by atoms with Gasteiger partial charge in [0.25, 0.3) is 5.56 Å². The molecule has 0 saturated heterocycles. The molecule has 0 aliphatic rings. The van der Waals surface area contributed by atoms with Crippen LogP contribution in [0.2, 0.25) is 0 Å². The van der Waals surface area contributed by atoms with Crippen LogP contribution in [0.15, 0.2) is 35.4 Å². The van der Waals surface area contributed by atoms with E-state index in [9.17, 15) is 4.79 Å². The Bertz CT molecular complexity index is 642. The van der Waals surface area contributed by atoms with Crippen LogP contribution >= 0.6 is 0 Å². The van der Waals surface area contributed by atoms with Crippen LogP contribution < -0.4 is 20.8 Å². The second-order valence-electron chi connectivity index (χ2n) is 4.35. The van der Waals surface area contributed by atoms with Crippen LogP contribution in [0, 0.1) is 0 Å². The standard InChI is InChI=1S/C14H18N4O3/c1-20-14-11(4-2-6-16-14)10-18-13(19)8-12(9-17-18)21-7-3-5-15/h2,4,6,8-9H,3,5,7,10,15H2,1H3. The molecule has 112 valence electrons. The summed E-state index contributed by atoms with van der Waals surface area (Å²) in [6, 6.07) is 5.03. The lowest BCUT2D eigenvalue weighted by Gasteiger charge is -2.09. The van der Waals surface area contributed by atoms with Gasteiger partial charge in [0.15, 0.2) is 0 Å². The summed E-state index contributed by atoms with van der Waals surface area (Å²) < 4.78 is 11.9. The molecule has 0 spiro atoms. The van der Waals surface area contributed by atoms with Gasteiger partial charge in [-0.05, 0) is 19.0 Å². The summed E-state index contributed by atoms with van der Waals surface area (Å²) in [5.74, 6) is 0.928. The number of pyridine rings is 1. The SMILES string of the molecule is COc1ncccc1Cn1ncc(OCCCN)cc1=O. The summed E-state index contributed by atoms with van der Waals surface area (Å²) >= 11 is 0. The fraction of sp³-hybridized carbons (Fsp3) is 0.357. The Morgan fingerprint density at radius 3 is 3.00 bits per heavy atom. The van der Waals surface area contributed by atoms with E-state index in [2.05, 4.69) is 10.1 Å². The molecule has 0 aliphatic heterocycles. The Morgan fingerprint density at radius 2 is 2.29 bits per heavy atom. The number of hydrogen-bond acceptors (Lipinski definition) is 6. The van der Waals surface area contributed by atoms with Crippen molar-refractivity contribution >= 4 is 0 Å². The van der Waals surface area contributed by atoms with Crippen molar-refractivity contribution in [2.24, 2.45) is 5.73 Å². The lowest BCUT2D eigenvalue weighted by molar-refractivity contribution is 0.309. The Morgan fingerprint density at radius 1 is 1.43 bits per heavy atom. The van der Waals surface area contributed by atoms with E-state index < -0.39 is 0 Å². The number of nitrogens with two attached hydrogens (primary N) is 1. The molecule has 0 saturated carbocycles. The highest BCUT2D eigenvalue weighted by atomic mass is 16.5. The van der Waals surface area contributed by atoms with Crippen molar-refractivity contribution in [2.45, 2.75) is 13.0 Å². The molecule has 2 N–H and O–H groups in total. The van der Waals surface area contributed by atoms with Gasteiger partial charge in [-0.2, -0.15) is 5.10 Å². The Hall–Kier alpha value is -2.41. The maximum absolute atomic E-state index is 12.0. The quantitative estimate of drug-likeness (QED) is 0.743. The zero-order chi connectivity index (χ0) is 15.1. The molecule has 0 fully saturated rings. The number of aromatic nitrogens is 3. The highest BCUT2D eigenvalue weighted by Gasteiger charge is 2.07. The fourth-order valence-electron chi connectivity index (χ4n) is 1.78. The molecule has 2 aromatic rings. The Balaban J connectivity index is 2.12. The number of methoxy groups -OCH3 is 1. The van der Waals surface area contributed by atoms with E-state index in [1.54, 1.807) is 12.3 Å². The minimum atomic E-state index is -0.244. The van der Waals surface area contributed by atoms with Gasteiger partial charge < -0.3 is 15.2 Å². The van der Waals surface area contributed by atoms with E-state index in [1.165, 1.54) is 24.1 Å². The van der Waals surface area contributed by atoms with Gasteiger partial charge in [0.05, 0.1) is 26.5 Å². The van der Waals surface area contributed by atoms with Crippen LogP contribution in [0.1, 0.15) is 12.0 Å². The van der Waals surface area contributed by atoms with Crippen molar-refractivity contribution in [2.75, 3.05) is 20.3 Å². The molecule has 0 aromatic carbocycles. The van der Waals surface area contributed by atoms with E-state index in [0.29, 0.717) is 31.3 Å². The first-order chi connectivity index (χ1) is 10.2. The summed E-state index contributed by atoms with van der Waals surface area (Å²) in [4.78, 5) is 16.1. The third-order valence-electron chi connectivity index (χ3n) is 2.83. The number of rotatable bonds is 7. The van der Waals surface area contributed by atoms with E-state index in [-0.39, 0.29) is 5.56 Å². The summed E-state index contributed by atoms with van der Waals surface area (Å²) in [7, 11) is 1.54. The average molecular weight is 290 g/mol. The van der Waals surface area contributed by atoms with Crippen molar-refractivity contribution < 1.29 is 9.47 Å². The van der Waals surface area contributed by atoms with E-state index >= 15 is 0 Å². The molecule has 7 nitrogen and oxygen atoms in total. The maximum atomic E-state index is 12.0. The zero-order valence-electron chi connectivity index (χ0n) is 11.9.